The molecular weight excluding hydrogens is 429 g/mol. The average molecular weight is 455 g/mol. The fraction of sp³-hybridized carbons (Fsp3) is 0.292. The van der Waals surface area contributed by atoms with Crippen molar-refractivity contribution in [1.82, 2.24) is 5.16 Å². The molecular formula is C24H26FN3O5. The highest BCUT2D eigenvalue weighted by molar-refractivity contribution is 6.07. The standard InChI is InChI=1S/C24H26FN3O5/c1-14-19(15(2)33-28-14)13-31-18-8-6-7-16(11-18)22(29)26-21-12-17(25)9-10-20(21)27-23(30)32-24(3,4)5/h6-12H,13H2,1-5H3,(H,26,29)(H,27,30). The van der Waals surface area contributed by atoms with Gasteiger partial charge in [-0.15, -0.1) is 0 Å². The SMILES string of the molecule is Cc1noc(C)c1COc1cccc(C(=O)Nc2cc(F)ccc2NC(=O)OC(C)(C)C)c1. The van der Waals surface area contributed by atoms with E-state index in [9.17, 15) is 14.0 Å². The number of ether oxygens (including phenoxy) is 2. The number of halogens is 1. The maximum Gasteiger partial charge on any atom is 0.412 e. The Hall–Kier alpha value is -3.88. The Morgan fingerprint density at radius 3 is 2.48 bits per heavy atom. The number of aromatic nitrogens is 1. The molecule has 2 amide bonds. The molecule has 0 saturated heterocycles. The van der Waals surface area contributed by atoms with Crippen LogP contribution in [0.4, 0.5) is 20.6 Å². The minimum Gasteiger partial charge on any atom is -0.489 e. The van der Waals surface area contributed by atoms with Crippen LogP contribution in [0.3, 0.4) is 0 Å². The summed E-state index contributed by atoms with van der Waals surface area (Å²) in [7, 11) is 0. The van der Waals surface area contributed by atoms with Crippen LogP contribution in [0, 0.1) is 19.7 Å². The van der Waals surface area contributed by atoms with E-state index in [4.69, 9.17) is 14.0 Å². The molecule has 1 aromatic heterocycles. The number of amides is 2. The zero-order chi connectivity index (χ0) is 24.2. The third kappa shape index (κ3) is 6.55. The zero-order valence-electron chi connectivity index (χ0n) is 19.1. The molecule has 174 valence electrons. The van der Waals surface area contributed by atoms with Crippen LogP contribution in [-0.4, -0.2) is 22.8 Å². The number of anilines is 2. The summed E-state index contributed by atoms with van der Waals surface area (Å²) in [4.78, 5) is 24.9. The van der Waals surface area contributed by atoms with Crippen LogP contribution in [0.2, 0.25) is 0 Å². The van der Waals surface area contributed by atoms with Gasteiger partial charge in [0.2, 0.25) is 0 Å². The molecule has 0 aliphatic carbocycles. The largest absolute Gasteiger partial charge is 0.489 e. The first-order chi connectivity index (χ1) is 15.5. The summed E-state index contributed by atoms with van der Waals surface area (Å²) in [6.07, 6.45) is -0.723. The van der Waals surface area contributed by atoms with Crippen molar-refractivity contribution >= 4 is 23.4 Å². The van der Waals surface area contributed by atoms with Gasteiger partial charge >= 0.3 is 6.09 Å². The molecule has 9 heteroatoms. The van der Waals surface area contributed by atoms with Crippen LogP contribution in [0.25, 0.3) is 0 Å². The van der Waals surface area contributed by atoms with Crippen molar-refractivity contribution < 1.29 is 28.0 Å². The van der Waals surface area contributed by atoms with Crippen molar-refractivity contribution in [1.29, 1.82) is 0 Å². The van der Waals surface area contributed by atoms with E-state index >= 15 is 0 Å². The maximum atomic E-state index is 13.8. The van der Waals surface area contributed by atoms with Gasteiger partial charge in [0, 0.05) is 5.56 Å². The molecule has 0 saturated carbocycles. The van der Waals surface area contributed by atoms with Crippen molar-refractivity contribution in [3.8, 4) is 5.75 Å². The molecule has 0 aliphatic rings. The van der Waals surface area contributed by atoms with Gasteiger partial charge in [-0.25, -0.2) is 9.18 Å². The van der Waals surface area contributed by atoms with Crippen molar-refractivity contribution in [2.45, 2.75) is 46.8 Å². The second-order valence-electron chi connectivity index (χ2n) is 8.39. The summed E-state index contributed by atoms with van der Waals surface area (Å²) in [6.45, 7) is 9.02. The lowest BCUT2D eigenvalue weighted by atomic mass is 10.2. The highest BCUT2D eigenvalue weighted by atomic mass is 19.1. The molecule has 0 atom stereocenters. The van der Waals surface area contributed by atoms with E-state index in [2.05, 4.69) is 15.8 Å². The van der Waals surface area contributed by atoms with Gasteiger partial charge in [0.05, 0.1) is 22.6 Å². The average Bonchev–Trinajstić information content (AvgIpc) is 3.04. The second kappa shape index (κ2) is 9.72. The molecule has 0 radical (unpaired) electrons. The van der Waals surface area contributed by atoms with Gasteiger partial charge in [0.15, 0.2) is 0 Å². The van der Waals surface area contributed by atoms with Crippen molar-refractivity contribution in [3.63, 3.8) is 0 Å². The topological polar surface area (TPSA) is 103 Å². The summed E-state index contributed by atoms with van der Waals surface area (Å²) in [5.41, 5.74) is 1.44. The number of aryl methyl sites for hydroxylation is 2. The first-order valence-electron chi connectivity index (χ1n) is 10.3. The molecule has 33 heavy (non-hydrogen) atoms. The first-order valence-corrected chi connectivity index (χ1v) is 10.3. The highest BCUT2D eigenvalue weighted by Crippen LogP contribution is 2.25. The first kappa shape index (κ1) is 23.8. The fourth-order valence-corrected chi connectivity index (χ4v) is 2.93. The number of hydrogen-bond donors (Lipinski definition) is 2. The maximum absolute atomic E-state index is 13.8. The number of nitrogens with one attached hydrogen (secondary N) is 2. The smallest absolute Gasteiger partial charge is 0.412 e. The minimum absolute atomic E-state index is 0.0906. The lowest BCUT2D eigenvalue weighted by Crippen LogP contribution is -2.27. The van der Waals surface area contributed by atoms with Crippen LogP contribution in [0.5, 0.6) is 5.75 Å². The number of nitrogens with zero attached hydrogens (tertiary/aromatic N) is 1. The molecule has 0 spiro atoms. The number of carbonyl (C=O) groups excluding carboxylic acids is 2. The Morgan fingerprint density at radius 2 is 1.82 bits per heavy atom. The van der Waals surface area contributed by atoms with Crippen molar-refractivity contribution in [3.05, 3.63) is 70.9 Å². The van der Waals surface area contributed by atoms with Gasteiger partial charge in [-0.3, -0.25) is 10.1 Å². The molecule has 1 heterocycles. The number of carbonyl (C=O) groups is 2. The lowest BCUT2D eigenvalue weighted by Gasteiger charge is -2.20. The Kier molecular flexibility index (Phi) is 7.01. The van der Waals surface area contributed by atoms with Gasteiger partial charge in [-0.1, -0.05) is 11.2 Å². The number of hydrogen-bond acceptors (Lipinski definition) is 6. The molecule has 0 fully saturated rings. The van der Waals surface area contributed by atoms with Crippen LogP contribution in [0.1, 0.15) is 48.1 Å². The molecule has 3 rings (SSSR count). The number of rotatable bonds is 6. The molecule has 2 N–H and O–H groups in total. The summed E-state index contributed by atoms with van der Waals surface area (Å²) >= 11 is 0. The Balaban J connectivity index is 1.73. The Bertz CT molecular complexity index is 1150. The van der Waals surface area contributed by atoms with Crippen LogP contribution in [0.15, 0.2) is 47.0 Å². The van der Waals surface area contributed by atoms with E-state index in [0.717, 1.165) is 17.3 Å². The molecule has 0 aliphatic heterocycles. The zero-order valence-corrected chi connectivity index (χ0v) is 19.1. The van der Waals surface area contributed by atoms with Gasteiger partial charge < -0.3 is 19.3 Å². The van der Waals surface area contributed by atoms with Gasteiger partial charge in [-0.2, -0.15) is 0 Å². The van der Waals surface area contributed by atoms with Crippen LogP contribution in [-0.2, 0) is 11.3 Å². The molecule has 8 nitrogen and oxygen atoms in total. The van der Waals surface area contributed by atoms with E-state index in [1.807, 2.05) is 6.92 Å². The van der Waals surface area contributed by atoms with E-state index in [-0.39, 0.29) is 18.0 Å². The summed E-state index contributed by atoms with van der Waals surface area (Å²) in [6, 6.07) is 10.2. The van der Waals surface area contributed by atoms with Gasteiger partial charge in [-0.05, 0) is 71.0 Å². The fourth-order valence-electron chi connectivity index (χ4n) is 2.93. The van der Waals surface area contributed by atoms with E-state index < -0.39 is 23.4 Å². The number of benzene rings is 2. The Labute approximate surface area is 191 Å². The molecule has 2 aromatic carbocycles. The van der Waals surface area contributed by atoms with Crippen LogP contribution >= 0.6 is 0 Å². The van der Waals surface area contributed by atoms with Crippen molar-refractivity contribution in [2.24, 2.45) is 0 Å². The Morgan fingerprint density at radius 1 is 1.06 bits per heavy atom. The third-order valence-corrected chi connectivity index (χ3v) is 4.53. The van der Waals surface area contributed by atoms with E-state index in [1.165, 1.54) is 12.1 Å². The molecule has 0 unspecified atom stereocenters. The van der Waals surface area contributed by atoms with Gasteiger partial charge in [0.25, 0.3) is 5.91 Å². The van der Waals surface area contributed by atoms with Crippen LogP contribution < -0.4 is 15.4 Å². The monoisotopic (exact) mass is 455 g/mol. The third-order valence-electron chi connectivity index (χ3n) is 4.53. The summed E-state index contributed by atoms with van der Waals surface area (Å²) in [5, 5.41) is 9.04. The predicted molar refractivity (Wildman–Crippen MR) is 121 cm³/mol. The summed E-state index contributed by atoms with van der Waals surface area (Å²) < 4.78 is 30.0. The quantitative estimate of drug-likeness (QED) is 0.501. The van der Waals surface area contributed by atoms with Gasteiger partial charge in [0.1, 0.15) is 29.5 Å². The second-order valence-corrected chi connectivity index (χ2v) is 8.39. The van der Waals surface area contributed by atoms with E-state index in [1.54, 1.807) is 52.0 Å². The predicted octanol–water partition coefficient (Wildman–Crippen LogP) is 5.61. The normalized spacial score (nSPS) is 11.1. The molecule has 0 bridgehead atoms. The summed E-state index contributed by atoms with van der Waals surface area (Å²) in [5.74, 6) is 0.0544. The highest BCUT2D eigenvalue weighted by Gasteiger charge is 2.19. The minimum atomic E-state index is -0.723. The van der Waals surface area contributed by atoms with Crippen molar-refractivity contribution in [2.75, 3.05) is 10.6 Å². The van der Waals surface area contributed by atoms with E-state index in [0.29, 0.717) is 17.1 Å². The molecule has 3 aromatic rings. The lowest BCUT2D eigenvalue weighted by molar-refractivity contribution is 0.0635.